The predicted molar refractivity (Wildman–Crippen MR) is 81.3 cm³/mol. The number of hydrogen-bond acceptors (Lipinski definition) is 6. The lowest BCUT2D eigenvalue weighted by molar-refractivity contribution is 0.0181. The predicted octanol–water partition coefficient (Wildman–Crippen LogP) is 0.0402. The molecule has 2 saturated heterocycles. The number of fused-ring (bicyclic) bond motifs is 2. The molecule has 7 nitrogen and oxygen atoms in total. The summed E-state index contributed by atoms with van der Waals surface area (Å²) in [6.07, 6.45) is -0.100. The fourth-order valence-electron chi connectivity index (χ4n) is 3.14. The molecule has 4 atom stereocenters. The molecule has 3 heterocycles. The Bertz CT molecular complexity index is 835. The third kappa shape index (κ3) is 2.52. The first-order chi connectivity index (χ1) is 11.1. The maximum absolute atomic E-state index is 12.7. The van der Waals surface area contributed by atoms with E-state index in [1.807, 2.05) is 12.1 Å². The van der Waals surface area contributed by atoms with Gasteiger partial charge in [-0.15, -0.1) is 0 Å². The molecule has 8 heteroatoms. The van der Waals surface area contributed by atoms with Crippen LogP contribution < -0.4 is 4.72 Å². The van der Waals surface area contributed by atoms with Crippen molar-refractivity contribution in [2.24, 2.45) is 0 Å². The number of aliphatic hydroxyl groups is 1. The summed E-state index contributed by atoms with van der Waals surface area (Å²) in [6.45, 7) is 0.327. The summed E-state index contributed by atoms with van der Waals surface area (Å²) >= 11 is 0. The van der Waals surface area contributed by atoms with Crippen molar-refractivity contribution in [1.29, 1.82) is 0 Å². The highest BCUT2D eigenvalue weighted by atomic mass is 32.2. The van der Waals surface area contributed by atoms with Crippen molar-refractivity contribution >= 4 is 20.9 Å². The van der Waals surface area contributed by atoms with Crippen molar-refractivity contribution in [2.75, 3.05) is 13.2 Å². The largest absolute Gasteiger partial charge is 0.388 e. The van der Waals surface area contributed by atoms with Crippen molar-refractivity contribution in [3.63, 3.8) is 0 Å². The number of nitrogens with zero attached hydrogens (tertiary/aromatic N) is 1. The zero-order valence-electron chi connectivity index (χ0n) is 12.1. The summed E-state index contributed by atoms with van der Waals surface area (Å²) in [7, 11) is -3.78. The first kappa shape index (κ1) is 15.0. The summed E-state index contributed by atoms with van der Waals surface area (Å²) in [6, 6.07) is 8.06. The molecule has 2 aliphatic heterocycles. The minimum absolute atomic E-state index is 0.123. The van der Waals surface area contributed by atoms with Gasteiger partial charge in [0.2, 0.25) is 10.0 Å². The molecule has 2 N–H and O–H groups in total. The molecule has 0 amide bonds. The topological polar surface area (TPSA) is 97.8 Å². The normalized spacial score (nSPS) is 30.7. The number of nitrogens with one attached hydrogen (secondary N) is 1. The smallest absolute Gasteiger partial charge is 0.243 e. The van der Waals surface area contributed by atoms with E-state index in [9.17, 15) is 13.5 Å². The Labute approximate surface area is 133 Å². The number of aromatic nitrogens is 1. The number of pyridine rings is 1. The second-order valence-electron chi connectivity index (χ2n) is 5.72. The van der Waals surface area contributed by atoms with Gasteiger partial charge < -0.3 is 14.6 Å². The van der Waals surface area contributed by atoms with Crippen LogP contribution in [0.3, 0.4) is 0 Å². The monoisotopic (exact) mass is 336 g/mol. The van der Waals surface area contributed by atoms with Gasteiger partial charge in [0.1, 0.15) is 23.2 Å². The van der Waals surface area contributed by atoms with Crippen LogP contribution in [0, 0.1) is 0 Å². The van der Waals surface area contributed by atoms with Crippen LogP contribution in [-0.4, -0.2) is 56.1 Å². The van der Waals surface area contributed by atoms with Gasteiger partial charge in [0.15, 0.2) is 0 Å². The number of sulfonamides is 1. The summed E-state index contributed by atoms with van der Waals surface area (Å²) < 4.78 is 39.0. The molecule has 2 aromatic rings. The van der Waals surface area contributed by atoms with E-state index in [0.29, 0.717) is 5.52 Å². The number of ether oxygens (including phenoxy) is 2. The van der Waals surface area contributed by atoms with E-state index in [4.69, 9.17) is 9.47 Å². The second kappa shape index (κ2) is 5.50. The fraction of sp³-hybridized carbons (Fsp3) is 0.400. The molecule has 122 valence electrons. The number of benzene rings is 1. The minimum Gasteiger partial charge on any atom is -0.388 e. The van der Waals surface area contributed by atoms with Crippen molar-refractivity contribution < 1.29 is 23.0 Å². The highest BCUT2D eigenvalue weighted by molar-refractivity contribution is 7.89. The highest BCUT2D eigenvalue weighted by Gasteiger charge is 2.48. The van der Waals surface area contributed by atoms with E-state index in [1.165, 1.54) is 6.07 Å². The molecular weight excluding hydrogens is 320 g/mol. The third-order valence-corrected chi connectivity index (χ3v) is 5.74. The van der Waals surface area contributed by atoms with Gasteiger partial charge in [0, 0.05) is 11.6 Å². The van der Waals surface area contributed by atoms with Crippen LogP contribution in [-0.2, 0) is 19.5 Å². The van der Waals surface area contributed by atoms with Gasteiger partial charge in [0.25, 0.3) is 0 Å². The van der Waals surface area contributed by atoms with Gasteiger partial charge in [-0.2, -0.15) is 0 Å². The Morgan fingerprint density at radius 3 is 2.78 bits per heavy atom. The first-order valence-corrected chi connectivity index (χ1v) is 8.82. The van der Waals surface area contributed by atoms with Gasteiger partial charge >= 0.3 is 0 Å². The SMILES string of the molecule is O=S(=O)(N[C@H]1CO[C@H]2[C@@H]1OC[C@H]2O)c1cccc2cccnc12. The lowest BCUT2D eigenvalue weighted by Crippen LogP contribution is -2.44. The molecule has 0 radical (unpaired) electrons. The summed E-state index contributed by atoms with van der Waals surface area (Å²) in [4.78, 5) is 4.30. The molecule has 23 heavy (non-hydrogen) atoms. The van der Waals surface area contributed by atoms with Crippen molar-refractivity contribution in [3.8, 4) is 0 Å². The lowest BCUT2D eigenvalue weighted by Gasteiger charge is -2.18. The Hall–Kier alpha value is -1.58. The van der Waals surface area contributed by atoms with Crippen LogP contribution in [0.25, 0.3) is 10.9 Å². The van der Waals surface area contributed by atoms with Crippen LogP contribution in [0.5, 0.6) is 0 Å². The standard InChI is InChI=1S/C15H16N2O5S/c18-11-8-22-14-10(7-21-15(11)14)17-23(19,20)12-5-1-3-9-4-2-6-16-13(9)12/h1-6,10-11,14-15,17-18H,7-8H2/t10-,11+,14+,15+/m0/s1. The average Bonchev–Trinajstić information content (AvgIpc) is 3.10. The molecule has 0 aliphatic carbocycles. The Morgan fingerprint density at radius 2 is 1.91 bits per heavy atom. The van der Waals surface area contributed by atoms with Crippen LogP contribution in [0.1, 0.15) is 0 Å². The fourth-order valence-corrected chi connectivity index (χ4v) is 4.55. The highest BCUT2D eigenvalue weighted by Crippen LogP contribution is 2.28. The molecule has 0 saturated carbocycles. The zero-order chi connectivity index (χ0) is 16.0. The van der Waals surface area contributed by atoms with E-state index in [-0.39, 0.29) is 18.1 Å². The molecule has 0 spiro atoms. The molecule has 2 aliphatic rings. The number of hydrogen-bond donors (Lipinski definition) is 2. The third-order valence-electron chi connectivity index (χ3n) is 4.22. The minimum atomic E-state index is -3.78. The number of aliphatic hydroxyl groups excluding tert-OH is 1. The molecule has 4 rings (SSSR count). The molecule has 0 unspecified atom stereocenters. The van der Waals surface area contributed by atoms with Gasteiger partial charge in [-0.05, 0) is 12.1 Å². The Morgan fingerprint density at radius 1 is 1.13 bits per heavy atom. The summed E-state index contributed by atoms with van der Waals surface area (Å²) in [5.41, 5.74) is 0.422. The maximum atomic E-state index is 12.7. The Kier molecular flexibility index (Phi) is 3.58. The van der Waals surface area contributed by atoms with Crippen LogP contribution in [0.2, 0.25) is 0 Å². The van der Waals surface area contributed by atoms with Crippen molar-refractivity contribution in [3.05, 3.63) is 36.5 Å². The van der Waals surface area contributed by atoms with Crippen molar-refractivity contribution in [2.45, 2.75) is 29.2 Å². The molecule has 1 aromatic carbocycles. The quantitative estimate of drug-likeness (QED) is 0.821. The average molecular weight is 336 g/mol. The summed E-state index contributed by atoms with van der Waals surface area (Å²) in [5, 5.41) is 10.5. The van der Waals surface area contributed by atoms with Gasteiger partial charge in [-0.3, -0.25) is 4.98 Å². The first-order valence-electron chi connectivity index (χ1n) is 7.33. The zero-order valence-corrected chi connectivity index (χ0v) is 12.9. The van der Waals surface area contributed by atoms with Crippen LogP contribution in [0.15, 0.2) is 41.4 Å². The summed E-state index contributed by atoms with van der Waals surface area (Å²) in [5.74, 6) is 0. The molecular formula is C15H16N2O5S. The van der Waals surface area contributed by atoms with Gasteiger partial charge in [-0.25, -0.2) is 13.1 Å². The second-order valence-corrected chi connectivity index (χ2v) is 7.40. The van der Waals surface area contributed by atoms with Gasteiger partial charge in [0.05, 0.1) is 24.8 Å². The van der Waals surface area contributed by atoms with E-state index >= 15 is 0 Å². The number of para-hydroxylation sites is 1. The maximum Gasteiger partial charge on any atom is 0.243 e. The van der Waals surface area contributed by atoms with E-state index in [0.717, 1.165) is 5.39 Å². The molecule has 2 fully saturated rings. The number of rotatable bonds is 3. The van der Waals surface area contributed by atoms with Gasteiger partial charge in [-0.1, -0.05) is 18.2 Å². The molecule has 1 aromatic heterocycles. The lowest BCUT2D eigenvalue weighted by atomic mass is 10.1. The van der Waals surface area contributed by atoms with E-state index < -0.39 is 34.4 Å². The van der Waals surface area contributed by atoms with E-state index in [1.54, 1.807) is 18.3 Å². The Balaban J connectivity index is 1.66. The molecule has 0 bridgehead atoms. The van der Waals surface area contributed by atoms with Crippen LogP contribution >= 0.6 is 0 Å². The van der Waals surface area contributed by atoms with Crippen LogP contribution in [0.4, 0.5) is 0 Å². The van der Waals surface area contributed by atoms with E-state index in [2.05, 4.69) is 9.71 Å². The van der Waals surface area contributed by atoms with Crippen molar-refractivity contribution in [1.82, 2.24) is 9.71 Å².